The van der Waals surface area contributed by atoms with Gasteiger partial charge in [-0.1, -0.05) is 67.6 Å². The Morgan fingerprint density at radius 2 is 1.76 bits per heavy atom. The van der Waals surface area contributed by atoms with Crippen molar-refractivity contribution in [3.8, 4) is 22.8 Å². The van der Waals surface area contributed by atoms with Gasteiger partial charge in [-0.05, 0) is 67.0 Å². The highest BCUT2D eigenvalue weighted by atomic mass is 32.2. The number of hydrogen-bond acceptors (Lipinski definition) is 6. The zero-order valence-electron chi connectivity index (χ0n) is 25.4. The van der Waals surface area contributed by atoms with Crippen molar-refractivity contribution in [1.29, 1.82) is 0 Å². The van der Waals surface area contributed by atoms with Gasteiger partial charge in [-0.3, -0.25) is 9.69 Å². The first-order valence-electron chi connectivity index (χ1n) is 14.0. The number of hydrogen-bond donors (Lipinski definition) is 1. The van der Waals surface area contributed by atoms with E-state index in [1.165, 1.54) is 58.9 Å². The number of ether oxygens (including phenoxy) is 1. The van der Waals surface area contributed by atoms with Crippen molar-refractivity contribution in [3.63, 3.8) is 0 Å². The number of amides is 3. The van der Waals surface area contributed by atoms with E-state index >= 15 is 0 Å². The molecule has 1 N–H and O–H groups in total. The summed E-state index contributed by atoms with van der Waals surface area (Å²) in [5, 5.41) is 7.49. The predicted octanol–water partition coefficient (Wildman–Crippen LogP) is 7.29. The van der Waals surface area contributed by atoms with Gasteiger partial charge in [0.25, 0.3) is 0 Å². The number of carbonyl (C=O) groups is 2. The molecule has 0 atom stereocenters. The Bertz CT molecular complexity index is 1670. The first-order chi connectivity index (χ1) is 21.3. The molecule has 13 heteroatoms. The molecule has 0 aliphatic rings. The van der Waals surface area contributed by atoms with Crippen LogP contribution in [0.4, 0.5) is 23.7 Å². The number of nitrogens with zero attached hydrogens (tertiary/aromatic N) is 5. The molecule has 1 aromatic heterocycles. The monoisotopic (exact) mass is 638 g/mol. The number of carbonyl (C=O) groups excluding carboxylic acids is 2. The molecule has 0 unspecified atom stereocenters. The molecule has 0 aliphatic heterocycles. The van der Waals surface area contributed by atoms with Crippen molar-refractivity contribution in [2.24, 2.45) is 4.99 Å². The number of aliphatic imine (C=N–C) groups is 1. The number of thioether (sulfide) groups is 1. The summed E-state index contributed by atoms with van der Waals surface area (Å²) in [6, 6.07) is 18.1. The van der Waals surface area contributed by atoms with Gasteiger partial charge in [-0.15, -0.1) is 18.3 Å². The van der Waals surface area contributed by atoms with Crippen LogP contribution in [-0.4, -0.2) is 51.0 Å². The predicted molar refractivity (Wildman–Crippen MR) is 170 cm³/mol. The molecule has 0 saturated carbocycles. The second kappa shape index (κ2) is 14.4. The van der Waals surface area contributed by atoms with Crippen LogP contribution in [0.3, 0.4) is 0 Å². The highest BCUT2D eigenvalue weighted by Gasteiger charge is 2.31. The van der Waals surface area contributed by atoms with Gasteiger partial charge in [-0.25, -0.2) is 14.5 Å². The van der Waals surface area contributed by atoms with Crippen LogP contribution in [0.25, 0.3) is 17.1 Å². The van der Waals surface area contributed by atoms with Gasteiger partial charge in [0.1, 0.15) is 12.1 Å². The number of rotatable bonds is 8. The average Bonchev–Trinajstić information content (AvgIpc) is 3.47. The standard InChI is InChI=1S/C32H33F3N6O3S/c1-20(2)27-18-21(3)6-15-28(27)41(22(4)42)31(45-5)38-30(43)36-17-16-23-7-9-24(10-8-23)29-37-19-40(39-29)25-11-13-26(14-12-25)44-32(33,34)35/h6-15,18-20H,16-17H2,1-5H3,(H,36,43). The molecule has 0 saturated heterocycles. The molecule has 0 bridgehead atoms. The lowest BCUT2D eigenvalue weighted by Crippen LogP contribution is -2.36. The van der Waals surface area contributed by atoms with Crippen molar-refractivity contribution in [2.75, 3.05) is 17.7 Å². The van der Waals surface area contributed by atoms with Crippen LogP contribution in [0.5, 0.6) is 5.75 Å². The lowest BCUT2D eigenvalue weighted by molar-refractivity contribution is -0.274. The lowest BCUT2D eigenvalue weighted by atomic mass is 9.98. The largest absolute Gasteiger partial charge is 0.573 e. The number of anilines is 1. The quantitative estimate of drug-likeness (QED) is 0.161. The number of aromatic nitrogens is 3. The first-order valence-corrected chi connectivity index (χ1v) is 15.3. The Hall–Kier alpha value is -4.65. The van der Waals surface area contributed by atoms with Gasteiger partial charge >= 0.3 is 12.4 Å². The number of halogens is 3. The fourth-order valence-corrected chi connectivity index (χ4v) is 5.10. The van der Waals surface area contributed by atoms with E-state index in [1.54, 1.807) is 6.26 Å². The molecule has 45 heavy (non-hydrogen) atoms. The molecular formula is C32H33F3N6O3S. The molecule has 3 aromatic carbocycles. The number of alkyl halides is 3. The fraction of sp³-hybridized carbons (Fsp3) is 0.281. The van der Waals surface area contributed by atoms with Gasteiger partial charge in [0, 0.05) is 19.0 Å². The van der Waals surface area contributed by atoms with Gasteiger partial charge < -0.3 is 10.1 Å². The Balaban J connectivity index is 1.36. The molecule has 9 nitrogen and oxygen atoms in total. The van der Waals surface area contributed by atoms with Crippen molar-refractivity contribution in [1.82, 2.24) is 20.1 Å². The highest BCUT2D eigenvalue weighted by molar-refractivity contribution is 8.13. The average molecular weight is 639 g/mol. The fourth-order valence-electron chi connectivity index (χ4n) is 4.52. The Morgan fingerprint density at radius 1 is 1.07 bits per heavy atom. The van der Waals surface area contributed by atoms with E-state index in [9.17, 15) is 22.8 Å². The first kappa shape index (κ1) is 33.2. The maximum Gasteiger partial charge on any atom is 0.573 e. The maximum atomic E-state index is 12.7. The van der Waals surface area contributed by atoms with Crippen LogP contribution in [0.1, 0.15) is 43.4 Å². The zero-order valence-corrected chi connectivity index (χ0v) is 26.2. The minimum absolute atomic E-state index is 0.166. The Labute approximate surface area is 263 Å². The topological polar surface area (TPSA) is 102 Å². The summed E-state index contributed by atoms with van der Waals surface area (Å²) in [7, 11) is 0. The van der Waals surface area contributed by atoms with Crippen molar-refractivity contribution >= 4 is 34.6 Å². The molecule has 0 aliphatic carbocycles. The molecule has 1 heterocycles. The Kier molecular flexibility index (Phi) is 10.7. The summed E-state index contributed by atoms with van der Waals surface area (Å²) in [5.41, 5.74) is 5.00. The summed E-state index contributed by atoms with van der Waals surface area (Å²) < 4.78 is 42.6. The van der Waals surface area contributed by atoms with E-state index in [4.69, 9.17) is 0 Å². The summed E-state index contributed by atoms with van der Waals surface area (Å²) >= 11 is 1.22. The Morgan fingerprint density at radius 3 is 2.36 bits per heavy atom. The van der Waals surface area contributed by atoms with Gasteiger partial charge in [-0.2, -0.15) is 4.99 Å². The molecule has 4 aromatic rings. The summed E-state index contributed by atoms with van der Waals surface area (Å²) in [6.07, 6.45) is -0.981. The van der Waals surface area contributed by atoms with Crippen molar-refractivity contribution in [3.05, 3.63) is 89.7 Å². The van der Waals surface area contributed by atoms with Crippen LogP contribution in [-0.2, 0) is 11.2 Å². The van der Waals surface area contributed by atoms with E-state index in [2.05, 4.69) is 39.0 Å². The number of nitrogens with one attached hydrogen (secondary N) is 1. The second-order valence-corrected chi connectivity index (χ2v) is 11.2. The minimum Gasteiger partial charge on any atom is -0.406 e. The van der Waals surface area contributed by atoms with Gasteiger partial charge in [0.05, 0.1) is 11.4 Å². The van der Waals surface area contributed by atoms with Crippen LogP contribution in [0.15, 0.2) is 78.0 Å². The van der Waals surface area contributed by atoms with Gasteiger partial charge in [0.2, 0.25) is 5.91 Å². The molecule has 0 radical (unpaired) electrons. The molecule has 4 rings (SSSR count). The number of amidine groups is 1. The molecular weight excluding hydrogens is 605 g/mol. The van der Waals surface area contributed by atoms with E-state index < -0.39 is 12.4 Å². The van der Waals surface area contributed by atoms with E-state index in [0.717, 1.165) is 22.3 Å². The summed E-state index contributed by atoms with van der Waals surface area (Å²) in [6.45, 7) is 7.88. The summed E-state index contributed by atoms with van der Waals surface area (Å²) in [5.74, 6) is 0.0394. The number of aryl methyl sites for hydroxylation is 1. The van der Waals surface area contributed by atoms with E-state index in [0.29, 0.717) is 30.2 Å². The van der Waals surface area contributed by atoms with Crippen LogP contribution in [0, 0.1) is 6.92 Å². The number of benzene rings is 3. The normalized spacial score (nSPS) is 11.9. The van der Waals surface area contributed by atoms with Crippen molar-refractivity contribution < 1.29 is 27.5 Å². The number of urea groups is 1. The van der Waals surface area contributed by atoms with Gasteiger partial charge in [0.15, 0.2) is 11.0 Å². The third kappa shape index (κ3) is 8.94. The van der Waals surface area contributed by atoms with Crippen LogP contribution in [0.2, 0.25) is 0 Å². The van der Waals surface area contributed by atoms with E-state index in [-0.39, 0.29) is 22.7 Å². The maximum absolute atomic E-state index is 12.7. The molecule has 0 spiro atoms. The smallest absolute Gasteiger partial charge is 0.406 e. The summed E-state index contributed by atoms with van der Waals surface area (Å²) in [4.78, 5) is 35.4. The van der Waals surface area contributed by atoms with Crippen molar-refractivity contribution in [2.45, 2.75) is 46.4 Å². The second-order valence-electron chi connectivity index (χ2n) is 10.4. The van der Waals surface area contributed by atoms with E-state index in [1.807, 2.05) is 49.4 Å². The zero-order chi connectivity index (χ0) is 32.7. The van der Waals surface area contributed by atoms with Crippen LogP contribution < -0.4 is 15.0 Å². The highest BCUT2D eigenvalue weighted by Crippen LogP contribution is 2.31. The SMILES string of the molecule is CSC(=NC(=O)NCCc1ccc(-c2ncn(-c3ccc(OC(F)(F)F)cc3)n2)cc1)N(C(C)=O)c1ccc(C)cc1C(C)C. The molecule has 236 valence electrons. The molecule has 3 amide bonds. The third-order valence-electron chi connectivity index (χ3n) is 6.66. The third-order valence-corrected chi connectivity index (χ3v) is 7.30. The van der Waals surface area contributed by atoms with Crippen LogP contribution >= 0.6 is 11.8 Å². The molecule has 0 fully saturated rings. The minimum atomic E-state index is -4.76. The lowest BCUT2D eigenvalue weighted by Gasteiger charge is -2.25.